The van der Waals surface area contributed by atoms with Gasteiger partial charge in [0.25, 0.3) is 0 Å². The molecule has 1 N–H and O–H groups in total. The molecular formula is C31H34N4O5. The Morgan fingerprint density at radius 2 is 1.77 bits per heavy atom. The van der Waals surface area contributed by atoms with Gasteiger partial charge >= 0.3 is 6.09 Å². The van der Waals surface area contributed by atoms with E-state index in [2.05, 4.69) is 27.0 Å². The van der Waals surface area contributed by atoms with Crippen molar-refractivity contribution in [2.75, 3.05) is 33.3 Å². The fourth-order valence-corrected chi connectivity index (χ4v) is 4.77. The molecule has 208 valence electrons. The number of rotatable bonds is 3. The molecule has 40 heavy (non-hydrogen) atoms. The number of furan rings is 1. The number of amides is 1. The highest BCUT2D eigenvalue weighted by Gasteiger charge is 2.32. The van der Waals surface area contributed by atoms with Crippen LogP contribution in [0.3, 0.4) is 0 Å². The number of azo groups is 1. The maximum Gasteiger partial charge on any atom is 0.410 e. The molecule has 9 heteroatoms. The third-order valence-corrected chi connectivity index (χ3v) is 6.97. The van der Waals surface area contributed by atoms with E-state index in [1.807, 2.05) is 58.9 Å². The molecule has 0 atom stereocenters. The zero-order chi connectivity index (χ0) is 28.7. The summed E-state index contributed by atoms with van der Waals surface area (Å²) in [6.07, 6.45) is 1.39. The van der Waals surface area contributed by atoms with Crippen LogP contribution < -0.4 is 4.74 Å². The van der Waals surface area contributed by atoms with Crippen molar-refractivity contribution in [2.24, 2.45) is 10.2 Å². The van der Waals surface area contributed by atoms with Gasteiger partial charge < -0.3 is 23.9 Å². The topological polar surface area (TPSA) is 100 Å². The first-order chi connectivity index (χ1) is 19.0. The summed E-state index contributed by atoms with van der Waals surface area (Å²) in [5.41, 5.74) is 2.21. The van der Waals surface area contributed by atoms with Crippen LogP contribution in [0.2, 0.25) is 0 Å². The Kier molecular flexibility index (Phi) is 7.06. The first-order valence-corrected chi connectivity index (χ1v) is 13.3. The lowest BCUT2D eigenvalue weighted by molar-refractivity contribution is 0.00782. The van der Waals surface area contributed by atoms with E-state index in [0.717, 1.165) is 11.3 Å². The third kappa shape index (κ3) is 5.40. The maximum atomic E-state index is 12.5. The lowest BCUT2D eigenvalue weighted by Crippen LogP contribution is -2.55. The summed E-state index contributed by atoms with van der Waals surface area (Å²) < 4.78 is 17.3. The fraction of sp³-hybridized carbons (Fsp3) is 0.387. The van der Waals surface area contributed by atoms with Crippen LogP contribution in [0.25, 0.3) is 22.7 Å². The number of benzene rings is 2. The van der Waals surface area contributed by atoms with Crippen LogP contribution in [-0.2, 0) is 4.74 Å². The predicted molar refractivity (Wildman–Crippen MR) is 154 cm³/mol. The van der Waals surface area contributed by atoms with Gasteiger partial charge in [0.2, 0.25) is 0 Å². The van der Waals surface area contributed by atoms with Crippen LogP contribution >= 0.6 is 0 Å². The van der Waals surface area contributed by atoms with Crippen LogP contribution in [0.4, 0.5) is 10.5 Å². The Morgan fingerprint density at radius 1 is 1.05 bits per heavy atom. The molecule has 2 aliphatic heterocycles. The molecule has 0 radical (unpaired) electrons. The summed E-state index contributed by atoms with van der Waals surface area (Å²) in [6.45, 7) is 12.1. The number of carbonyl (C=O) groups is 1. The highest BCUT2D eigenvalue weighted by Crippen LogP contribution is 2.41. The van der Waals surface area contributed by atoms with Gasteiger partial charge in [-0.2, -0.15) is 0 Å². The molecule has 2 aromatic carbocycles. The molecule has 0 spiro atoms. The first kappa shape index (κ1) is 27.3. The van der Waals surface area contributed by atoms with Crippen LogP contribution in [0.5, 0.6) is 11.5 Å². The van der Waals surface area contributed by atoms with Crippen molar-refractivity contribution in [3.8, 4) is 23.3 Å². The highest BCUT2D eigenvalue weighted by atomic mass is 16.6. The molecule has 3 aromatic rings. The SMILES string of the molecule is COc1ccc2c(O)c(C=C3N=Nc4ccccc43)oc2c1C#CC(C)(C)N1CCN(C(=O)OC(C)(C)C)CC1. The second-order valence-electron chi connectivity index (χ2n) is 11.3. The Morgan fingerprint density at radius 3 is 2.48 bits per heavy atom. The van der Waals surface area contributed by atoms with Crippen molar-refractivity contribution >= 4 is 34.5 Å². The summed E-state index contributed by atoms with van der Waals surface area (Å²) in [6, 6.07) is 11.2. The van der Waals surface area contributed by atoms with Gasteiger partial charge in [0, 0.05) is 37.8 Å². The average molecular weight is 543 g/mol. The average Bonchev–Trinajstić information content (AvgIpc) is 3.47. The Bertz CT molecular complexity index is 1570. The zero-order valence-electron chi connectivity index (χ0n) is 23.7. The van der Waals surface area contributed by atoms with Crippen LogP contribution in [0, 0.1) is 11.8 Å². The summed E-state index contributed by atoms with van der Waals surface area (Å²) in [7, 11) is 1.58. The molecule has 9 nitrogen and oxygen atoms in total. The van der Waals surface area contributed by atoms with Gasteiger partial charge in [0.1, 0.15) is 16.9 Å². The van der Waals surface area contributed by atoms with E-state index in [4.69, 9.17) is 13.9 Å². The number of hydrogen-bond donors (Lipinski definition) is 1. The van der Waals surface area contributed by atoms with E-state index in [-0.39, 0.29) is 17.6 Å². The molecule has 1 amide bonds. The van der Waals surface area contributed by atoms with E-state index >= 15 is 0 Å². The number of fused-ring (bicyclic) bond motifs is 2. The second kappa shape index (κ2) is 10.4. The lowest BCUT2D eigenvalue weighted by atomic mass is 10.0. The van der Waals surface area contributed by atoms with Crippen LogP contribution in [-0.4, -0.2) is 65.4 Å². The molecular weight excluding hydrogens is 508 g/mol. The summed E-state index contributed by atoms with van der Waals surface area (Å²) in [5, 5.41) is 20.0. The van der Waals surface area contributed by atoms with Crippen LogP contribution in [0.1, 0.15) is 51.5 Å². The Hall–Kier alpha value is -4.29. The molecule has 0 aliphatic carbocycles. The quantitative estimate of drug-likeness (QED) is 0.383. The number of nitrogens with zero attached hydrogens (tertiary/aromatic N) is 4. The summed E-state index contributed by atoms with van der Waals surface area (Å²) in [4.78, 5) is 16.4. The van der Waals surface area contributed by atoms with Gasteiger partial charge in [-0.1, -0.05) is 30.0 Å². The maximum absolute atomic E-state index is 12.5. The van der Waals surface area contributed by atoms with E-state index < -0.39 is 11.1 Å². The van der Waals surface area contributed by atoms with Crippen molar-refractivity contribution in [1.29, 1.82) is 0 Å². The van der Waals surface area contributed by atoms with E-state index in [1.54, 1.807) is 30.2 Å². The molecule has 3 heterocycles. The number of ether oxygens (including phenoxy) is 2. The summed E-state index contributed by atoms with van der Waals surface area (Å²) >= 11 is 0. The largest absolute Gasteiger partial charge is 0.504 e. The second-order valence-corrected chi connectivity index (χ2v) is 11.3. The first-order valence-electron chi connectivity index (χ1n) is 13.3. The summed E-state index contributed by atoms with van der Waals surface area (Å²) in [5.74, 6) is 7.47. The van der Waals surface area contributed by atoms with Crippen molar-refractivity contribution in [1.82, 2.24) is 9.80 Å². The molecule has 0 bridgehead atoms. The normalized spacial score (nSPS) is 16.6. The smallest absolute Gasteiger partial charge is 0.410 e. The van der Waals surface area contributed by atoms with E-state index in [9.17, 15) is 9.90 Å². The third-order valence-electron chi connectivity index (χ3n) is 6.97. The monoisotopic (exact) mass is 542 g/mol. The standard InChI is InChI=1S/C31H34N4O5/c1-30(2,3)40-29(37)34-15-17-35(18-16-34)31(4,5)14-13-21-25(38-6)12-11-22-27(36)26(39-28(21)22)19-24-20-9-7-8-10-23(20)32-33-24/h7-12,19,36H,15-18H2,1-6H3. The molecule has 5 rings (SSSR count). The molecule has 1 fully saturated rings. The number of hydrogen-bond acceptors (Lipinski definition) is 8. The minimum absolute atomic E-state index is 0.00492. The highest BCUT2D eigenvalue weighted by molar-refractivity contribution is 5.96. The molecule has 2 aliphatic rings. The zero-order valence-corrected chi connectivity index (χ0v) is 23.7. The lowest BCUT2D eigenvalue weighted by Gasteiger charge is -2.41. The van der Waals surface area contributed by atoms with Crippen molar-refractivity contribution in [3.63, 3.8) is 0 Å². The fourth-order valence-electron chi connectivity index (χ4n) is 4.77. The van der Waals surface area contributed by atoms with E-state index in [1.165, 1.54) is 0 Å². The Balaban J connectivity index is 1.41. The Labute approximate surface area is 234 Å². The molecule has 0 unspecified atom stereocenters. The van der Waals surface area contributed by atoms with Crippen LogP contribution in [0.15, 0.2) is 51.0 Å². The number of piperazine rings is 1. The number of methoxy groups -OCH3 is 1. The van der Waals surface area contributed by atoms with Gasteiger partial charge in [0.15, 0.2) is 17.1 Å². The number of aromatic hydroxyl groups is 1. The van der Waals surface area contributed by atoms with E-state index in [0.29, 0.717) is 54.2 Å². The molecule has 0 saturated carbocycles. The van der Waals surface area contributed by atoms with Gasteiger partial charge in [0.05, 0.1) is 29.4 Å². The van der Waals surface area contributed by atoms with Crippen molar-refractivity contribution in [2.45, 2.75) is 45.8 Å². The molecule has 1 aromatic heterocycles. The molecule has 1 saturated heterocycles. The van der Waals surface area contributed by atoms with Crippen molar-refractivity contribution < 1.29 is 23.8 Å². The minimum atomic E-state index is -0.526. The van der Waals surface area contributed by atoms with Gasteiger partial charge in [-0.25, -0.2) is 4.79 Å². The number of carbonyl (C=O) groups excluding carboxylic acids is 1. The minimum Gasteiger partial charge on any atom is -0.504 e. The van der Waals surface area contributed by atoms with Gasteiger partial charge in [-0.3, -0.25) is 4.90 Å². The van der Waals surface area contributed by atoms with Gasteiger partial charge in [-0.15, -0.1) is 10.2 Å². The van der Waals surface area contributed by atoms with Crippen molar-refractivity contribution in [3.05, 3.63) is 53.3 Å². The van der Waals surface area contributed by atoms with Gasteiger partial charge in [-0.05, 0) is 52.8 Å². The predicted octanol–water partition coefficient (Wildman–Crippen LogP) is 6.43.